The highest BCUT2D eigenvalue weighted by molar-refractivity contribution is 5.38. The van der Waals surface area contributed by atoms with Gasteiger partial charge in [0.15, 0.2) is 0 Å². The van der Waals surface area contributed by atoms with E-state index in [1.165, 1.54) is 6.33 Å². The summed E-state index contributed by atoms with van der Waals surface area (Å²) in [5.41, 5.74) is 2.79. The molecule has 3 rings (SSSR count). The highest BCUT2D eigenvalue weighted by Gasteiger charge is 2.09. The van der Waals surface area contributed by atoms with E-state index in [0.717, 1.165) is 16.8 Å². The topological polar surface area (TPSA) is 73.1 Å². The molecule has 0 aliphatic carbocycles. The summed E-state index contributed by atoms with van der Waals surface area (Å²) in [5.74, 6) is 0.652. The molecular weight excluding hydrogens is 280 g/mol. The van der Waals surface area contributed by atoms with E-state index in [2.05, 4.69) is 15.5 Å². The van der Waals surface area contributed by atoms with Gasteiger partial charge in [-0.15, -0.1) is 5.10 Å². The summed E-state index contributed by atoms with van der Waals surface area (Å²) in [6, 6.07) is 15.1. The van der Waals surface area contributed by atoms with Gasteiger partial charge in [-0.1, -0.05) is 35.9 Å². The van der Waals surface area contributed by atoms with E-state index < -0.39 is 6.10 Å². The molecule has 1 N–H and O–H groups in total. The van der Waals surface area contributed by atoms with Crippen LogP contribution in [-0.2, 0) is 0 Å². The maximum Gasteiger partial charge on any atom is 0.143 e. The number of hydrogen-bond donors (Lipinski definition) is 1. The van der Waals surface area contributed by atoms with Crippen molar-refractivity contribution < 1.29 is 9.84 Å². The largest absolute Gasteiger partial charge is 0.490 e. The van der Waals surface area contributed by atoms with Crippen molar-refractivity contribution >= 4 is 0 Å². The van der Waals surface area contributed by atoms with Crippen molar-refractivity contribution in [1.82, 2.24) is 20.2 Å². The molecule has 3 aromatic rings. The Hall–Kier alpha value is -2.73. The summed E-state index contributed by atoms with van der Waals surface area (Å²) in [5, 5.41) is 21.2. The zero-order valence-corrected chi connectivity index (χ0v) is 12.1. The third-order valence-electron chi connectivity index (χ3n) is 3.30. The molecule has 2 aromatic carbocycles. The van der Waals surface area contributed by atoms with Crippen molar-refractivity contribution in [3.8, 4) is 11.4 Å². The third-order valence-corrected chi connectivity index (χ3v) is 3.30. The maximum absolute atomic E-state index is 10.2. The van der Waals surface area contributed by atoms with E-state index in [9.17, 15) is 5.11 Å². The molecule has 6 nitrogen and oxygen atoms in total. The van der Waals surface area contributed by atoms with Gasteiger partial charge in [0.2, 0.25) is 0 Å². The summed E-state index contributed by atoms with van der Waals surface area (Å²) in [6.07, 6.45) is 0.845. The van der Waals surface area contributed by atoms with Gasteiger partial charge in [-0.2, -0.15) is 0 Å². The van der Waals surface area contributed by atoms with E-state index in [0.29, 0.717) is 5.75 Å². The number of aromatic nitrogens is 4. The molecule has 6 heteroatoms. The molecule has 0 fully saturated rings. The van der Waals surface area contributed by atoms with Gasteiger partial charge in [0.25, 0.3) is 0 Å². The second-order valence-corrected chi connectivity index (χ2v) is 4.99. The molecular formula is C16H16N4O2. The molecule has 1 aromatic heterocycles. The molecule has 112 valence electrons. The molecule has 1 atom stereocenters. The van der Waals surface area contributed by atoms with Crippen molar-refractivity contribution in [2.45, 2.75) is 13.0 Å². The Balaban J connectivity index is 1.66. The Kier molecular flexibility index (Phi) is 4.11. The Morgan fingerprint density at radius 3 is 2.73 bits per heavy atom. The molecule has 0 spiro atoms. The van der Waals surface area contributed by atoms with Gasteiger partial charge >= 0.3 is 0 Å². The lowest BCUT2D eigenvalue weighted by Crippen LogP contribution is -2.09. The number of aryl methyl sites for hydroxylation is 1. The van der Waals surface area contributed by atoms with Gasteiger partial charge in [0, 0.05) is 6.07 Å². The van der Waals surface area contributed by atoms with E-state index in [1.54, 1.807) is 4.68 Å². The second-order valence-electron chi connectivity index (χ2n) is 4.99. The first kappa shape index (κ1) is 14.2. The quantitative estimate of drug-likeness (QED) is 0.780. The Bertz CT molecular complexity index is 726. The second kappa shape index (κ2) is 6.36. The number of rotatable bonds is 5. The number of aliphatic hydroxyl groups excluding tert-OH is 1. The van der Waals surface area contributed by atoms with Crippen molar-refractivity contribution in [3.05, 3.63) is 66.0 Å². The minimum absolute atomic E-state index is 0.183. The number of aliphatic hydroxyl groups is 1. The third kappa shape index (κ3) is 3.29. The molecule has 0 bridgehead atoms. The first-order valence-electron chi connectivity index (χ1n) is 6.93. The van der Waals surface area contributed by atoms with E-state index in [-0.39, 0.29) is 6.61 Å². The minimum Gasteiger partial charge on any atom is -0.490 e. The number of benzene rings is 2. The maximum atomic E-state index is 10.2. The van der Waals surface area contributed by atoms with Crippen LogP contribution in [0.4, 0.5) is 0 Å². The summed E-state index contributed by atoms with van der Waals surface area (Å²) >= 11 is 0. The van der Waals surface area contributed by atoms with Gasteiger partial charge in [-0.3, -0.25) is 0 Å². The predicted octanol–water partition coefficient (Wildman–Crippen LogP) is 2.08. The number of ether oxygens (including phenoxy) is 1. The molecule has 0 saturated carbocycles. The fraction of sp³-hybridized carbons (Fsp3) is 0.188. The van der Waals surface area contributed by atoms with Gasteiger partial charge in [-0.25, -0.2) is 4.68 Å². The van der Waals surface area contributed by atoms with Crippen LogP contribution in [0.25, 0.3) is 5.69 Å². The molecule has 0 aliphatic rings. The minimum atomic E-state index is -0.669. The van der Waals surface area contributed by atoms with E-state index >= 15 is 0 Å². The average Bonchev–Trinajstić information content (AvgIpc) is 3.08. The fourth-order valence-electron chi connectivity index (χ4n) is 2.06. The van der Waals surface area contributed by atoms with E-state index in [4.69, 9.17) is 4.74 Å². The SMILES string of the molecule is Cc1ccc([C@@H](O)COc2cccc(-n3cnnn3)c2)cc1. The lowest BCUT2D eigenvalue weighted by atomic mass is 10.1. The van der Waals surface area contributed by atoms with Crippen LogP contribution in [-0.4, -0.2) is 31.9 Å². The van der Waals surface area contributed by atoms with Gasteiger partial charge in [-0.05, 0) is 35.0 Å². The molecule has 1 heterocycles. The van der Waals surface area contributed by atoms with Crippen LogP contribution in [0.2, 0.25) is 0 Å². The molecule has 0 radical (unpaired) electrons. The first-order valence-corrected chi connectivity index (χ1v) is 6.93. The van der Waals surface area contributed by atoms with Crippen LogP contribution in [0.5, 0.6) is 5.75 Å². The van der Waals surface area contributed by atoms with Crippen molar-refractivity contribution in [1.29, 1.82) is 0 Å². The Morgan fingerprint density at radius 1 is 1.18 bits per heavy atom. The van der Waals surface area contributed by atoms with Crippen LogP contribution < -0.4 is 4.74 Å². The van der Waals surface area contributed by atoms with Crippen LogP contribution >= 0.6 is 0 Å². The first-order chi connectivity index (χ1) is 10.7. The van der Waals surface area contributed by atoms with Crippen molar-refractivity contribution in [2.24, 2.45) is 0 Å². The predicted molar refractivity (Wildman–Crippen MR) is 80.8 cm³/mol. The summed E-state index contributed by atoms with van der Waals surface area (Å²) < 4.78 is 7.20. The summed E-state index contributed by atoms with van der Waals surface area (Å²) in [7, 11) is 0. The molecule has 0 unspecified atom stereocenters. The summed E-state index contributed by atoms with van der Waals surface area (Å²) in [4.78, 5) is 0. The Morgan fingerprint density at radius 2 is 2.00 bits per heavy atom. The zero-order chi connectivity index (χ0) is 15.4. The monoisotopic (exact) mass is 296 g/mol. The molecule has 0 saturated heterocycles. The van der Waals surface area contributed by atoms with Crippen LogP contribution in [0, 0.1) is 6.92 Å². The van der Waals surface area contributed by atoms with Crippen LogP contribution in [0.3, 0.4) is 0 Å². The highest BCUT2D eigenvalue weighted by atomic mass is 16.5. The molecule has 22 heavy (non-hydrogen) atoms. The standard InChI is InChI=1S/C16H16N4O2/c1-12-5-7-13(8-6-12)16(21)10-22-15-4-2-3-14(9-15)20-11-17-18-19-20/h2-9,11,16,21H,10H2,1H3/t16-/m0/s1. The van der Waals surface area contributed by atoms with Crippen LogP contribution in [0.1, 0.15) is 17.2 Å². The number of nitrogens with zero attached hydrogens (tertiary/aromatic N) is 4. The van der Waals surface area contributed by atoms with Crippen LogP contribution in [0.15, 0.2) is 54.9 Å². The number of tetrazole rings is 1. The van der Waals surface area contributed by atoms with Gasteiger partial charge in [0.05, 0.1) is 5.69 Å². The lowest BCUT2D eigenvalue weighted by molar-refractivity contribution is 0.108. The highest BCUT2D eigenvalue weighted by Crippen LogP contribution is 2.19. The van der Waals surface area contributed by atoms with Gasteiger partial charge < -0.3 is 9.84 Å². The van der Waals surface area contributed by atoms with Crippen molar-refractivity contribution in [3.63, 3.8) is 0 Å². The summed E-state index contributed by atoms with van der Waals surface area (Å²) in [6.45, 7) is 2.19. The molecule has 0 amide bonds. The van der Waals surface area contributed by atoms with Crippen molar-refractivity contribution in [2.75, 3.05) is 6.61 Å². The number of hydrogen-bond acceptors (Lipinski definition) is 5. The Labute approximate surface area is 128 Å². The average molecular weight is 296 g/mol. The fourth-order valence-corrected chi connectivity index (χ4v) is 2.06. The smallest absolute Gasteiger partial charge is 0.143 e. The lowest BCUT2D eigenvalue weighted by Gasteiger charge is -2.13. The molecule has 0 aliphatic heterocycles. The normalized spacial score (nSPS) is 12.1. The van der Waals surface area contributed by atoms with Gasteiger partial charge in [0.1, 0.15) is 24.8 Å². The zero-order valence-electron chi connectivity index (χ0n) is 12.1. The van der Waals surface area contributed by atoms with E-state index in [1.807, 2.05) is 55.5 Å².